The lowest BCUT2D eigenvalue weighted by Crippen LogP contribution is -2.23. The Morgan fingerprint density at radius 2 is 2.22 bits per heavy atom. The molecule has 18 heavy (non-hydrogen) atoms. The molecule has 0 unspecified atom stereocenters. The summed E-state index contributed by atoms with van der Waals surface area (Å²) < 4.78 is 31.2. The molecule has 0 aliphatic carbocycles. The maximum atomic E-state index is 11.9. The van der Waals surface area contributed by atoms with Gasteiger partial charge in [0.05, 0.1) is 16.5 Å². The third kappa shape index (κ3) is 3.08. The number of rotatable bonds is 4. The molecule has 6 nitrogen and oxygen atoms in total. The van der Waals surface area contributed by atoms with E-state index in [0.29, 0.717) is 9.50 Å². The maximum Gasteiger partial charge on any atom is 0.241 e. The van der Waals surface area contributed by atoms with Crippen LogP contribution in [0.25, 0.3) is 0 Å². The van der Waals surface area contributed by atoms with Crippen LogP contribution in [-0.4, -0.2) is 18.6 Å². The number of aromatic nitrogens is 2. The minimum atomic E-state index is -3.64. The molecule has 1 aromatic carbocycles. The summed E-state index contributed by atoms with van der Waals surface area (Å²) in [6.07, 6.45) is 1.13. The summed E-state index contributed by atoms with van der Waals surface area (Å²) in [5.74, 6) is 0.256. The van der Waals surface area contributed by atoms with Gasteiger partial charge in [0.15, 0.2) is 5.82 Å². The molecule has 0 bridgehead atoms. The molecule has 0 amide bonds. The molecule has 0 radical (unpaired) electrons. The molecule has 2 rings (SSSR count). The highest BCUT2D eigenvalue weighted by Crippen LogP contribution is 2.25. The lowest BCUT2D eigenvalue weighted by Gasteiger charge is -2.05. The molecule has 1 aromatic heterocycles. The second-order valence-corrected chi connectivity index (χ2v) is 6.28. The van der Waals surface area contributed by atoms with Crippen molar-refractivity contribution in [2.24, 2.45) is 0 Å². The zero-order valence-electron chi connectivity index (χ0n) is 8.80. The number of hydrogen-bond acceptors (Lipinski definition) is 5. The summed E-state index contributed by atoms with van der Waals surface area (Å²) in [6.45, 7) is -0.0426. The molecule has 2 aromatic rings. The SMILES string of the molecule is O=S(=O)(NCc1ncon1)c1ccc(Cl)c(Br)c1. The van der Waals surface area contributed by atoms with Crippen LogP contribution in [0, 0.1) is 0 Å². The highest BCUT2D eigenvalue weighted by molar-refractivity contribution is 9.10. The van der Waals surface area contributed by atoms with E-state index in [1.54, 1.807) is 0 Å². The van der Waals surface area contributed by atoms with Crippen LogP contribution >= 0.6 is 27.5 Å². The van der Waals surface area contributed by atoms with Gasteiger partial charge in [-0.05, 0) is 34.1 Å². The van der Waals surface area contributed by atoms with E-state index in [9.17, 15) is 8.42 Å². The quantitative estimate of drug-likeness (QED) is 0.909. The summed E-state index contributed by atoms with van der Waals surface area (Å²) in [7, 11) is -3.64. The molecule has 9 heteroatoms. The van der Waals surface area contributed by atoms with Gasteiger partial charge in [0, 0.05) is 4.47 Å². The molecule has 0 aliphatic rings. The van der Waals surface area contributed by atoms with Crippen LogP contribution in [0.2, 0.25) is 5.02 Å². The van der Waals surface area contributed by atoms with Crippen molar-refractivity contribution in [1.29, 1.82) is 0 Å². The van der Waals surface area contributed by atoms with E-state index in [0.717, 1.165) is 6.39 Å². The van der Waals surface area contributed by atoms with Crippen molar-refractivity contribution in [3.8, 4) is 0 Å². The standard InChI is InChI=1S/C9H7BrClN3O3S/c10-7-3-6(1-2-8(7)11)18(15,16)13-4-9-12-5-17-14-9/h1-3,5,13H,4H2. The lowest BCUT2D eigenvalue weighted by molar-refractivity contribution is 0.409. The van der Waals surface area contributed by atoms with Crippen LogP contribution in [0.5, 0.6) is 0 Å². The van der Waals surface area contributed by atoms with E-state index in [2.05, 4.69) is 35.3 Å². The first-order valence-electron chi connectivity index (χ1n) is 4.69. The van der Waals surface area contributed by atoms with E-state index in [1.165, 1.54) is 18.2 Å². The topological polar surface area (TPSA) is 85.1 Å². The third-order valence-corrected chi connectivity index (χ3v) is 4.64. The fourth-order valence-electron chi connectivity index (χ4n) is 1.16. The van der Waals surface area contributed by atoms with E-state index in [1.807, 2.05) is 0 Å². The van der Waals surface area contributed by atoms with E-state index < -0.39 is 10.0 Å². The van der Waals surface area contributed by atoms with Crippen LogP contribution in [0.1, 0.15) is 5.82 Å². The minimum Gasteiger partial charge on any atom is -0.343 e. The first kappa shape index (κ1) is 13.5. The van der Waals surface area contributed by atoms with Crippen LogP contribution in [0.3, 0.4) is 0 Å². The van der Waals surface area contributed by atoms with Crippen molar-refractivity contribution < 1.29 is 12.9 Å². The molecular formula is C9H7BrClN3O3S. The Balaban J connectivity index is 2.17. The molecule has 0 spiro atoms. The van der Waals surface area contributed by atoms with Gasteiger partial charge in [0.25, 0.3) is 0 Å². The molecule has 0 fully saturated rings. The van der Waals surface area contributed by atoms with Crippen molar-refractivity contribution in [1.82, 2.24) is 14.9 Å². The van der Waals surface area contributed by atoms with Crippen molar-refractivity contribution in [3.63, 3.8) is 0 Å². The van der Waals surface area contributed by atoms with Gasteiger partial charge in [0.1, 0.15) is 0 Å². The Hall–Kier alpha value is -0.960. The molecular weight excluding hydrogens is 346 g/mol. The number of halogens is 2. The molecule has 0 aliphatic heterocycles. The van der Waals surface area contributed by atoms with Crippen LogP contribution in [0.15, 0.2) is 38.5 Å². The molecule has 0 atom stereocenters. The number of benzene rings is 1. The summed E-state index contributed by atoms with van der Waals surface area (Å²) in [5.41, 5.74) is 0. The number of nitrogens with zero attached hydrogens (tertiary/aromatic N) is 2. The van der Waals surface area contributed by atoms with E-state index in [-0.39, 0.29) is 17.3 Å². The van der Waals surface area contributed by atoms with Gasteiger partial charge in [-0.3, -0.25) is 0 Å². The number of sulfonamides is 1. The fraction of sp³-hybridized carbons (Fsp3) is 0.111. The largest absolute Gasteiger partial charge is 0.343 e. The van der Waals surface area contributed by atoms with Gasteiger partial charge in [0.2, 0.25) is 16.4 Å². The predicted molar refractivity (Wildman–Crippen MR) is 67.5 cm³/mol. The molecule has 96 valence electrons. The van der Waals surface area contributed by atoms with Gasteiger partial charge >= 0.3 is 0 Å². The minimum absolute atomic E-state index is 0.0426. The second kappa shape index (κ2) is 5.35. The number of hydrogen-bond donors (Lipinski definition) is 1. The van der Waals surface area contributed by atoms with Gasteiger partial charge < -0.3 is 4.52 Å². The average molecular weight is 353 g/mol. The zero-order chi connectivity index (χ0) is 13.2. The van der Waals surface area contributed by atoms with Crippen molar-refractivity contribution in [3.05, 3.63) is 39.9 Å². The Kier molecular flexibility index (Phi) is 4.00. The summed E-state index contributed by atoms with van der Waals surface area (Å²) in [5, 5.41) is 3.94. The summed E-state index contributed by atoms with van der Waals surface area (Å²) in [4.78, 5) is 3.81. The van der Waals surface area contributed by atoms with Crippen molar-refractivity contribution in [2.75, 3.05) is 0 Å². The monoisotopic (exact) mass is 351 g/mol. The number of nitrogens with one attached hydrogen (secondary N) is 1. The van der Waals surface area contributed by atoms with E-state index in [4.69, 9.17) is 11.6 Å². The predicted octanol–water partition coefficient (Wildman–Crippen LogP) is 1.96. The van der Waals surface area contributed by atoms with Gasteiger partial charge in [-0.15, -0.1) is 0 Å². The maximum absolute atomic E-state index is 11.9. The molecule has 1 N–H and O–H groups in total. The Morgan fingerprint density at radius 3 is 2.83 bits per heavy atom. The normalized spacial score (nSPS) is 11.7. The Morgan fingerprint density at radius 1 is 1.44 bits per heavy atom. The first-order valence-corrected chi connectivity index (χ1v) is 7.34. The fourth-order valence-corrected chi connectivity index (χ4v) is 2.81. The molecule has 0 saturated heterocycles. The van der Waals surface area contributed by atoms with Crippen molar-refractivity contribution >= 4 is 37.6 Å². The summed E-state index contributed by atoms with van der Waals surface area (Å²) in [6, 6.07) is 4.32. The third-order valence-electron chi connectivity index (χ3n) is 2.03. The molecule has 0 saturated carbocycles. The van der Waals surface area contributed by atoms with Gasteiger partial charge in [-0.2, -0.15) is 4.98 Å². The first-order chi connectivity index (χ1) is 8.49. The summed E-state index contributed by atoms with van der Waals surface area (Å²) >= 11 is 8.96. The highest BCUT2D eigenvalue weighted by atomic mass is 79.9. The van der Waals surface area contributed by atoms with Gasteiger partial charge in [-0.1, -0.05) is 16.8 Å². The van der Waals surface area contributed by atoms with Gasteiger partial charge in [-0.25, -0.2) is 13.1 Å². The van der Waals surface area contributed by atoms with Crippen LogP contribution in [-0.2, 0) is 16.6 Å². The highest BCUT2D eigenvalue weighted by Gasteiger charge is 2.15. The molecule has 1 heterocycles. The van der Waals surface area contributed by atoms with Crippen molar-refractivity contribution in [2.45, 2.75) is 11.4 Å². The Bertz CT molecular complexity index is 645. The smallest absolute Gasteiger partial charge is 0.241 e. The van der Waals surface area contributed by atoms with E-state index >= 15 is 0 Å². The Labute approximate surface area is 117 Å². The lowest BCUT2D eigenvalue weighted by atomic mass is 10.4. The zero-order valence-corrected chi connectivity index (χ0v) is 12.0. The van der Waals surface area contributed by atoms with Crippen LogP contribution < -0.4 is 4.72 Å². The average Bonchev–Trinajstić information content (AvgIpc) is 2.83. The second-order valence-electron chi connectivity index (χ2n) is 3.25. The van der Waals surface area contributed by atoms with Crippen LogP contribution in [0.4, 0.5) is 0 Å².